The molecule has 4 nitrogen and oxygen atoms in total. The lowest BCUT2D eigenvalue weighted by molar-refractivity contribution is -0.138. The monoisotopic (exact) mass is 176 g/mol. The molecule has 4 heteroatoms. The van der Waals surface area contributed by atoms with Gasteiger partial charge in [0.2, 0.25) is 0 Å². The molecule has 0 atom stereocenters. The van der Waals surface area contributed by atoms with Gasteiger partial charge >= 0.3 is 5.97 Å². The summed E-state index contributed by atoms with van der Waals surface area (Å²) in [4.78, 5) is 19.8. The number of carbonyl (C=O) groups excluding carboxylic acids is 1. The molecule has 0 aromatic rings. The summed E-state index contributed by atoms with van der Waals surface area (Å²) in [7, 11) is 0. The first kappa shape index (κ1) is 13.7. The Morgan fingerprint density at radius 1 is 1.25 bits per heavy atom. The number of hydrogen-bond acceptors (Lipinski definition) is 3. The van der Waals surface area contributed by atoms with Gasteiger partial charge in [-0.05, 0) is 20.8 Å². The summed E-state index contributed by atoms with van der Waals surface area (Å²) in [5, 5.41) is 16.1. The highest BCUT2D eigenvalue weighted by Gasteiger charge is 1.97. The van der Waals surface area contributed by atoms with Crippen LogP contribution in [-0.4, -0.2) is 28.1 Å². The Kier molecular flexibility index (Phi) is 9.34. The third-order valence-electron chi connectivity index (χ3n) is 0.691. The minimum Gasteiger partial charge on any atom is -0.481 e. The van der Waals surface area contributed by atoms with Crippen LogP contribution < -0.4 is 0 Å². The summed E-state index contributed by atoms with van der Waals surface area (Å²) in [5.41, 5.74) is 0. The zero-order chi connectivity index (χ0) is 10.1. The first-order valence-corrected chi connectivity index (χ1v) is 3.75. The average Bonchev–Trinajstić information content (AvgIpc) is 1.82. The number of aliphatic hydroxyl groups is 1. The standard InChI is InChI=1S/C5H8O3.C3H8O/c1-4(6)2-3-5(7)8;1-3(2)4/h2-3H2,1H3,(H,7,8);3-4H,1-2H3. The molecule has 0 heterocycles. The molecule has 0 aromatic heterocycles. The van der Waals surface area contributed by atoms with E-state index in [0.29, 0.717) is 0 Å². The second-order valence-corrected chi connectivity index (χ2v) is 2.69. The molecule has 72 valence electrons. The van der Waals surface area contributed by atoms with Crippen molar-refractivity contribution in [2.24, 2.45) is 0 Å². The van der Waals surface area contributed by atoms with E-state index in [1.807, 2.05) is 0 Å². The largest absolute Gasteiger partial charge is 0.481 e. The number of aliphatic hydroxyl groups excluding tert-OH is 1. The maximum Gasteiger partial charge on any atom is 0.303 e. The van der Waals surface area contributed by atoms with Gasteiger partial charge in [0.1, 0.15) is 5.78 Å². The van der Waals surface area contributed by atoms with Gasteiger partial charge in [0, 0.05) is 12.5 Å². The van der Waals surface area contributed by atoms with E-state index < -0.39 is 5.97 Å². The van der Waals surface area contributed by atoms with Crippen molar-refractivity contribution in [2.75, 3.05) is 0 Å². The number of rotatable bonds is 3. The lowest BCUT2D eigenvalue weighted by Crippen LogP contribution is -1.98. The van der Waals surface area contributed by atoms with E-state index in [-0.39, 0.29) is 24.7 Å². The van der Waals surface area contributed by atoms with Crippen molar-refractivity contribution >= 4 is 11.8 Å². The Morgan fingerprint density at radius 2 is 1.58 bits per heavy atom. The van der Waals surface area contributed by atoms with Gasteiger partial charge in [-0.1, -0.05) is 0 Å². The van der Waals surface area contributed by atoms with Gasteiger partial charge in [0.05, 0.1) is 6.42 Å². The van der Waals surface area contributed by atoms with Crippen molar-refractivity contribution in [2.45, 2.75) is 39.7 Å². The van der Waals surface area contributed by atoms with Gasteiger partial charge in [-0.3, -0.25) is 4.79 Å². The molecular weight excluding hydrogens is 160 g/mol. The summed E-state index contributed by atoms with van der Waals surface area (Å²) in [6.45, 7) is 4.82. The van der Waals surface area contributed by atoms with E-state index in [4.69, 9.17) is 10.2 Å². The van der Waals surface area contributed by atoms with Crippen LogP contribution in [0.5, 0.6) is 0 Å². The van der Waals surface area contributed by atoms with Crippen molar-refractivity contribution in [3.63, 3.8) is 0 Å². The normalized spacial score (nSPS) is 8.75. The number of carboxylic acid groups (broad SMARTS) is 1. The number of hydrogen-bond donors (Lipinski definition) is 2. The first-order chi connectivity index (χ1) is 5.36. The third-order valence-corrected chi connectivity index (χ3v) is 0.691. The van der Waals surface area contributed by atoms with E-state index in [2.05, 4.69) is 0 Å². The van der Waals surface area contributed by atoms with Crippen molar-refractivity contribution in [1.29, 1.82) is 0 Å². The summed E-state index contributed by atoms with van der Waals surface area (Å²) in [5.74, 6) is -0.993. The summed E-state index contributed by atoms with van der Waals surface area (Å²) in [6.07, 6.45) is -0.0648. The van der Waals surface area contributed by atoms with Crippen LogP contribution in [0.25, 0.3) is 0 Å². The van der Waals surface area contributed by atoms with Crippen LogP contribution in [-0.2, 0) is 9.59 Å². The van der Waals surface area contributed by atoms with Crippen molar-refractivity contribution in [3.8, 4) is 0 Å². The molecule has 0 saturated carbocycles. The van der Waals surface area contributed by atoms with Crippen LogP contribution in [0.1, 0.15) is 33.6 Å². The highest BCUT2D eigenvalue weighted by molar-refractivity contribution is 5.80. The van der Waals surface area contributed by atoms with Crippen molar-refractivity contribution in [1.82, 2.24) is 0 Å². The fourth-order valence-electron chi connectivity index (χ4n) is 0.283. The molecular formula is C8H16O4. The zero-order valence-corrected chi connectivity index (χ0v) is 7.70. The van der Waals surface area contributed by atoms with Crippen LogP contribution >= 0.6 is 0 Å². The molecule has 12 heavy (non-hydrogen) atoms. The maximum atomic E-state index is 10.1. The van der Waals surface area contributed by atoms with E-state index in [0.717, 1.165) is 0 Å². The zero-order valence-electron chi connectivity index (χ0n) is 7.70. The molecule has 0 amide bonds. The van der Waals surface area contributed by atoms with Crippen LogP contribution in [0, 0.1) is 0 Å². The van der Waals surface area contributed by atoms with E-state index in [1.165, 1.54) is 6.92 Å². The molecule has 0 aliphatic rings. The lowest BCUT2D eigenvalue weighted by Gasteiger charge is -1.86. The Balaban J connectivity index is 0. The quantitative estimate of drug-likeness (QED) is 0.667. The smallest absolute Gasteiger partial charge is 0.303 e. The average molecular weight is 176 g/mol. The van der Waals surface area contributed by atoms with E-state index in [1.54, 1.807) is 13.8 Å². The summed E-state index contributed by atoms with van der Waals surface area (Å²) < 4.78 is 0. The lowest BCUT2D eigenvalue weighted by atomic mass is 10.2. The molecule has 0 aliphatic heterocycles. The number of carboxylic acids is 1. The Hall–Kier alpha value is -0.900. The van der Waals surface area contributed by atoms with Crippen LogP contribution in [0.15, 0.2) is 0 Å². The van der Waals surface area contributed by atoms with E-state index >= 15 is 0 Å². The van der Waals surface area contributed by atoms with E-state index in [9.17, 15) is 9.59 Å². The van der Waals surface area contributed by atoms with Gasteiger partial charge < -0.3 is 15.0 Å². The molecule has 0 saturated heterocycles. The second kappa shape index (κ2) is 8.20. The summed E-state index contributed by atoms with van der Waals surface area (Å²) in [6, 6.07) is 0. The summed E-state index contributed by atoms with van der Waals surface area (Å²) >= 11 is 0. The molecule has 0 radical (unpaired) electrons. The Labute approximate surface area is 72.2 Å². The number of aliphatic carboxylic acids is 1. The van der Waals surface area contributed by atoms with Crippen LogP contribution in [0.3, 0.4) is 0 Å². The van der Waals surface area contributed by atoms with Gasteiger partial charge in [-0.2, -0.15) is 0 Å². The number of ketones is 1. The minimum absolute atomic E-state index is 0.0463. The highest BCUT2D eigenvalue weighted by atomic mass is 16.4. The van der Waals surface area contributed by atoms with Crippen LogP contribution in [0.2, 0.25) is 0 Å². The SMILES string of the molecule is CC(=O)CCC(=O)O.CC(C)O. The molecule has 0 spiro atoms. The maximum absolute atomic E-state index is 10.1. The topological polar surface area (TPSA) is 74.6 Å². The molecule has 2 N–H and O–H groups in total. The predicted octanol–water partition coefficient (Wildman–Crippen LogP) is 0.827. The van der Waals surface area contributed by atoms with Crippen LogP contribution in [0.4, 0.5) is 0 Å². The van der Waals surface area contributed by atoms with Crippen molar-refractivity contribution < 1.29 is 19.8 Å². The predicted molar refractivity (Wildman–Crippen MR) is 44.9 cm³/mol. The molecule has 0 rings (SSSR count). The Bertz CT molecular complexity index is 123. The second-order valence-electron chi connectivity index (χ2n) is 2.69. The molecule has 0 fully saturated rings. The highest BCUT2D eigenvalue weighted by Crippen LogP contribution is 1.87. The van der Waals surface area contributed by atoms with Crippen molar-refractivity contribution in [3.05, 3.63) is 0 Å². The minimum atomic E-state index is -0.916. The number of Topliss-reactive ketones (excluding diaryl/α,β-unsaturated/α-hetero) is 1. The van der Waals surface area contributed by atoms with Gasteiger partial charge in [0.15, 0.2) is 0 Å². The molecule has 0 unspecified atom stereocenters. The molecule has 0 aliphatic carbocycles. The Morgan fingerprint density at radius 3 is 1.67 bits per heavy atom. The first-order valence-electron chi connectivity index (χ1n) is 3.75. The fourth-order valence-corrected chi connectivity index (χ4v) is 0.283. The number of carbonyl (C=O) groups is 2. The molecule has 0 bridgehead atoms. The van der Waals surface area contributed by atoms with Gasteiger partial charge in [-0.25, -0.2) is 0 Å². The molecule has 0 aromatic carbocycles. The fraction of sp³-hybridized carbons (Fsp3) is 0.750. The van der Waals surface area contributed by atoms with Gasteiger partial charge in [0.25, 0.3) is 0 Å². The van der Waals surface area contributed by atoms with Gasteiger partial charge in [-0.15, -0.1) is 0 Å². The third kappa shape index (κ3) is 35.5.